The van der Waals surface area contributed by atoms with Gasteiger partial charge in [0.25, 0.3) is 0 Å². The van der Waals surface area contributed by atoms with Gasteiger partial charge in [-0.3, -0.25) is 0 Å². The van der Waals surface area contributed by atoms with Gasteiger partial charge in [-0.15, -0.1) is 11.3 Å². The molecule has 2 aromatic rings. The van der Waals surface area contributed by atoms with Crippen LogP contribution < -0.4 is 0 Å². The Kier molecular flexibility index (Phi) is 4.49. The summed E-state index contributed by atoms with van der Waals surface area (Å²) in [5.74, 6) is -0.922. The van der Waals surface area contributed by atoms with Gasteiger partial charge >= 0.3 is 5.97 Å². The average molecular weight is 274 g/mol. The van der Waals surface area contributed by atoms with Crippen molar-refractivity contribution < 1.29 is 14.6 Å². The van der Waals surface area contributed by atoms with E-state index >= 15 is 0 Å². The van der Waals surface area contributed by atoms with Crippen LogP contribution in [-0.2, 0) is 16.1 Å². The average Bonchev–Trinajstić information content (AvgIpc) is 2.91. The van der Waals surface area contributed by atoms with Crippen LogP contribution in [0.15, 0.2) is 41.8 Å². The molecule has 1 heterocycles. The van der Waals surface area contributed by atoms with E-state index < -0.39 is 5.97 Å². The van der Waals surface area contributed by atoms with E-state index in [9.17, 15) is 9.90 Å². The Hall–Kier alpha value is -1.91. The number of hydrogen-bond acceptors (Lipinski definition) is 3. The molecule has 0 aliphatic heterocycles. The van der Waals surface area contributed by atoms with Crippen LogP contribution in [0.2, 0.25) is 0 Å². The van der Waals surface area contributed by atoms with Crippen molar-refractivity contribution >= 4 is 29.0 Å². The molecule has 3 nitrogen and oxygen atoms in total. The van der Waals surface area contributed by atoms with Gasteiger partial charge in [0.1, 0.15) is 0 Å². The molecule has 0 aliphatic carbocycles. The number of thiophene rings is 1. The fourth-order valence-corrected chi connectivity index (χ4v) is 2.52. The molecular weight excluding hydrogens is 260 g/mol. The first-order chi connectivity index (χ1) is 9.22. The number of ether oxygens (including phenoxy) is 1. The molecule has 0 saturated carbocycles. The van der Waals surface area contributed by atoms with Gasteiger partial charge in [0.15, 0.2) is 0 Å². The second-order valence-electron chi connectivity index (χ2n) is 3.97. The standard InChI is InChI=1S/C15H14O3S/c1-18-10-12-6-3-2-5-11(12)9-13(15(16)17)14-7-4-8-19-14/h2-9H,10H2,1H3,(H,16,17). The zero-order valence-corrected chi connectivity index (χ0v) is 11.3. The van der Waals surface area contributed by atoms with Gasteiger partial charge in [0, 0.05) is 12.0 Å². The van der Waals surface area contributed by atoms with Gasteiger partial charge in [-0.1, -0.05) is 30.3 Å². The number of hydrogen-bond donors (Lipinski definition) is 1. The summed E-state index contributed by atoms with van der Waals surface area (Å²) in [6, 6.07) is 11.3. The van der Waals surface area contributed by atoms with Crippen LogP contribution in [0.4, 0.5) is 0 Å². The number of carboxylic acid groups (broad SMARTS) is 1. The molecule has 0 radical (unpaired) electrons. The third kappa shape index (κ3) is 3.30. The largest absolute Gasteiger partial charge is 0.478 e. The highest BCUT2D eigenvalue weighted by molar-refractivity contribution is 7.11. The molecule has 0 aliphatic rings. The fourth-order valence-electron chi connectivity index (χ4n) is 1.79. The second-order valence-corrected chi connectivity index (χ2v) is 4.92. The summed E-state index contributed by atoms with van der Waals surface area (Å²) in [4.78, 5) is 12.1. The van der Waals surface area contributed by atoms with Gasteiger partial charge < -0.3 is 9.84 Å². The predicted octanol–water partition coefficient (Wildman–Crippen LogP) is 3.52. The fraction of sp³-hybridized carbons (Fsp3) is 0.133. The van der Waals surface area contributed by atoms with Gasteiger partial charge in [-0.25, -0.2) is 4.79 Å². The van der Waals surface area contributed by atoms with E-state index in [2.05, 4.69) is 0 Å². The summed E-state index contributed by atoms with van der Waals surface area (Å²) in [7, 11) is 1.62. The lowest BCUT2D eigenvalue weighted by atomic mass is 10.0. The molecule has 2 rings (SSSR count). The summed E-state index contributed by atoms with van der Waals surface area (Å²) in [6.45, 7) is 0.462. The Morgan fingerprint density at radius 3 is 2.74 bits per heavy atom. The minimum Gasteiger partial charge on any atom is -0.478 e. The summed E-state index contributed by atoms with van der Waals surface area (Å²) in [6.07, 6.45) is 1.70. The minimum atomic E-state index is -0.922. The van der Waals surface area contributed by atoms with Gasteiger partial charge in [0.2, 0.25) is 0 Å². The lowest BCUT2D eigenvalue weighted by molar-refractivity contribution is -0.130. The van der Waals surface area contributed by atoms with Crippen molar-refractivity contribution in [1.82, 2.24) is 0 Å². The van der Waals surface area contributed by atoms with Crippen LogP contribution in [0.3, 0.4) is 0 Å². The number of rotatable bonds is 5. The molecule has 0 unspecified atom stereocenters. The SMILES string of the molecule is COCc1ccccc1C=C(C(=O)O)c1cccs1. The summed E-state index contributed by atoms with van der Waals surface area (Å²) in [5, 5.41) is 11.2. The van der Waals surface area contributed by atoms with E-state index in [-0.39, 0.29) is 0 Å². The van der Waals surface area contributed by atoms with Crippen molar-refractivity contribution in [1.29, 1.82) is 0 Å². The highest BCUT2D eigenvalue weighted by atomic mass is 32.1. The normalized spacial score (nSPS) is 11.5. The molecule has 1 aromatic heterocycles. The van der Waals surface area contributed by atoms with Gasteiger partial charge in [-0.2, -0.15) is 0 Å². The Morgan fingerprint density at radius 2 is 2.11 bits per heavy atom. The molecule has 0 atom stereocenters. The molecule has 0 fully saturated rings. The maximum Gasteiger partial charge on any atom is 0.337 e. The Balaban J connectivity index is 2.45. The third-order valence-electron chi connectivity index (χ3n) is 2.67. The van der Waals surface area contributed by atoms with Crippen molar-refractivity contribution in [2.75, 3.05) is 7.11 Å². The molecule has 1 N–H and O–H groups in total. The number of methoxy groups -OCH3 is 1. The first-order valence-corrected chi connectivity index (χ1v) is 6.66. The lowest BCUT2D eigenvalue weighted by Crippen LogP contribution is -1.99. The molecule has 0 amide bonds. The second kappa shape index (κ2) is 6.31. The lowest BCUT2D eigenvalue weighted by Gasteiger charge is -2.06. The highest BCUT2D eigenvalue weighted by Gasteiger charge is 2.12. The van der Waals surface area contributed by atoms with Crippen molar-refractivity contribution in [3.63, 3.8) is 0 Å². The van der Waals surface area contributed by atoms with Gasteiger partial charge in [-0.05, 0) is 28.6 Å². The van der Waals surface area contributed by atoms with Crippen LogP contribution in [0.25, 0.3) is 11.6 Å². The molecule has 0 spiro atoms. The van der Waals surface area contributed by atoms with Crippen molar-refractivity contribution in [2.45, 2.75) is 6.61 Å². The predicted molar refractivity (Wildman–Crippen MR) is 77.0 cm³/mol. The zero-order valence-electron chi connectivity index (χ0n) is 10.5. The summed E-state index contributed by atoms with van der Waals surface area (Å²) in [5.41, 5.74) is 2.15. The molecule has 4 heteroatoms. The Bertz CT molecular complexity index is 585. The Morgan fingerprint density at radius 1 is 1.32 bits per heavy atom. The highest BCUT2D eigenvalue weighted by Crippen LogP contribution is 2.24. The topological polar surface area (TPSA) is 46.5 Å². The summed E-state index contributed by atoms with van der Waals surface area (Å²) < 4.78 is 5.13. The Labute approximate surface area is 115 Å². The van der Waals surface area contributed by atoms with Crippen LogP contribution in [0, 0.1) is 0 Å². The van der Waals surface area contributed by atoms with E-state index in [1.807, 2.05) is 41.8 Å². The maximum atomic E-state index is 11.4. The first kappa shape index (κ1) is 13.5. The zero-order chi connectivity index (χ0) is 13.7. The molecule has 0 bridgehead atoms. The number of carboxylic acids is 1. The quantitative estimate of drug-likeness (QED) is 0.849. The molecule has 19 heavy (non-hydrogen) atoms. The maximum absolute atomic E-state index is 11.4. The van der Waals surface area contributed by atoms with E-state index in [0.717, 1.165) is 16.0 Å². The minimum absolute atomic E-state index is 0.304. The molecule has 0 saturated heterocycles. The van der Waals surface area contributed by atoms with Gasteiger partial charge in [0.05, 0.1) is 12.2 Å². The monoisotopic (exact) mass is 274 g/mol. The van der Waals surface area contributed by atoms with Crippen LogP contribution in [-0.4, -0.2) is 18.2 Å². The first-order valence-electron chi connectivity index (χ1n) is 5.78. The van der Waals surface area contributed by atoms with Crippen LogP contribution >= 0.6 is 11.3 Å². The van der Waals surface area contributed by atoms with E-state index in [1.54, 1.807) is 13.2 Å². The van der Waals surface area contributed by atoms with E-state index in [0.29, 0.717) is 12.2 Å². The smallest absolute Gasteiger partial charge is 0.337 e. The third-order valence-corrected chi connectivity index (χ3v) is 3.57. The van der Waals surface area contributed by atoms with Crippen molar-refractivity contribution in [2.24, 2.45) is 0 Å². The molecular formula is C15H14O3S. The van der Waals surface area contributed by atoms with E-state index in [4.69, 9.17) is 4.74 Å². The van der Waals surface area contributed by atoms with Crippen LogP contribution in [0.1, 0.15) is 16.0 Å². The molecule has 98 valence electrons. The van der Waals surface area contributed by atoms with Crippen LogP contribution in [0.5, 0.6) is 0 Å². The van der Waals surface area contributed by atoms with Crippen molar-refractivity contribution in [3.8, 4) is 0 Å². The van der Waals surface area contributed by atoms with Crippen molar-refractivity contribution in [3.05, 3.63) is 57.8 Å². The number of carbonyl (C=O) groups is 1. The number of benzene rings is 1. The summed E-state index contributed by atoms with van der Waals surface area (Å²) >= 11 is 1.42. The number of aliphatic carboxylic acids is 1. The van der Waals surface area contributed by atoms with E-state index in [1.165, 1.54) is 11.3 Å². The molecule has 1 aromatic carbocycles.